The number of hydrogen-bond donors (Lipinski definition) is 1. The van der Waals surface area contributed by atoms with Crippen molar-refractivity contribution in [3.63, 3.8) is 0 Å². The Labute approximate surface area is 220 Å². The van der Waals surface area contributed by atoms with Crippen LogP contribution in [0.4, 0.5) is 0 Å². The van der Waals surface area contributed by atoms with Gasteiger partial charge in [-0.15, -0.1) is 0 Å². The van der Waals surface area contributed by atoms with Crippen molar-refractivity contribution in [2.45, 2.75) is 45.6 Å². The van der Waals surface area contributed by atoms with Crippen molar-refractivity contribution < 1.29 is 14.3 Å². The molecule has 2 aromatic heterocycles. The van der Waals surface area contributed by atoms with Crippen molar-refractivity contribution in [1.82, 2.24) is 24.4 Å². The quantitative estimate of drug-likeness (QED) is 0.379. The van der Waals surface area contributed by atoms with E-state index < -0.39 is 5.97 Å². The summed E-state index contributed by atoms with van der Waals surface area (Å²) >= 11 is 0. The van der Waals surface area contributed by atoms with E-state index in [2.05, 4.69) is 9.97 Å². The minimum absolute atomic E-state index is 0.0382. The molecule has 9 nitrogen and oxygen atoms in total. The van der Waals surface area contributed by atoms with Gasteiger partial charge in [0.2, 0.25) is 0 Å². The van der Waals surface area contributed by atoms with Gasteiger partial charge in [0.1, 0.15) is 11.3 Å². The summed E-state index contributed by atoms with van der Waals surface area (Å²) in [6, 6.07) is 17.0. The molecule has 0 bridgehead atoms. The van der Waals surface area contributed by atoms with E-state index in [1.54, 1.807) is 16.4 Å². The Morgan fingerprint density at radius 2 is 1.71 bits per heavy atom. The Hall–Kier alpha value is -4.27. The minimum atomic E-state index is -0.598. The van der Waals surface area contributed by atoms with Crippen LogP contribution in [0.1, 0.15) is 72.1 Å². The van der Waals surface area contributed by atoms with Crippen molar-refractivity contribution >= 4 is 22.9 Å². The summed E-state index contributed by atoms with van der Waals surface area (Å²) < 4.78 is 7.12. The van der Waals surface area contributed by atoms with Crippen molar-refractivity contribution in [3.05, 3.63) is 82.0 Å². The number of rotatable bonds is 6. The largest absolute Gasteiger partial charge is 0.462 e. The van der Waals surface area contributed by atoms with E-state index in [1.807, 2.05) is 68.4 Å². The molecule has 5 rings (SSSR count). The van der Waals surface area contributed by atoms with E-state index in [4.69, 9.17) is 9.72 Å². The number of carbonyl (C=O) groups excluding carboxylic acids is 2. The topological polar surface area (TPSA) is 110 Å². The van der Waals surface area contributed by atoms with Crippen molar-refractivity contribution in [1.29, 1.82) is 0 Å². The number of para-hydroxylation sites is 2. The molecule has 0 atom stereocenters. The molecule has 4 aromatic rings. The Bertz CT molecular complexity index is 1530. The first-order valence-corrected chi connectivity index (χ1v) is 13.0. The highest BCUT2D eigenvalue weighted by atomic mass is 16.5. The fraction of sp³-hybridized carbons (Fsp3) is 0.345. The first kappa shape index (κ1) is 25.4. The highest BCUT2D eigenvalue weighted by Gasteiger charge is 2.33. The molecule has 196 valence electrons. The van der Waals surface area contributed by atoms with Gasteiger partial charge in [-0.2, -0.15) is 0 Å². The number of benzene rings is 2. The maximum absolute atomic E-state index is 13.9. The third-order valence-electron chi connectivity index (χ3n) is 6.94. The van der Waals surface area contributed by atoms with Crippen LogP contribution < -0.4 is 5.69 Å². The molecule has 1 fully saturated rings. The van der Waals surface area contributed by atoms with Gasteiger partial charge in [-0.1, -0.05) is 56.3 Å². The predicted octanol–water partition coefficient (Wildman–Crippen LogP) is 4.56. The van der Waals surface area contributed by atoms with Gasteiger partial charge in [-0.3, -0.25) is 9.36 Å². The number of esters is 1. The lowest BCUT2D eigenvalue weighted by Gasteiger charge is -2.33. The van der Waals surface area contributed by atoms with Gasteiger partial charge in [0.15, 0.2) is 5.82 Å². The number of aromatic amines is 1. The van der Waals surface area contributed by atoms with E-state index in [0.29, 0.717) is 37.4 Å². The van der Waals surface area contributed by atoms with Gasteiger partial charge < -0.3 is 14.6 Å². The number of H-pyrrole nitrogens is 1. The lowest BCUT2D eigenvalue weighted by molar-refractivity contribution is 0.0511. The van der Waals surface area contributed by atoms with Gasteiger partial charge in [-0.05, 0) is 37.8 Å². The molecule has 2 aromatic carbocycles. The number of nitrogens with zero attached hydrogens (tertiary/aromatic N) is 4. The number of ether oxygens (including phenoxy) is 1. The summed E-state index contributed by atoms with van der Waals surface area (Å²) in [4.78, 5) is 53.6. The number of likely N-dealkylation sites (tertiary alicyclic amines) is 1. The average molecular weight is 514 g/mol. The molecule has 38 heavy (non-hydrogen) atoms. The number of piperidine rings is 1. The van der Waals surface area contributed by atoms with E-state index in [1.165, 1.54) is 0 Å². The molecule has 0 spiro atoms. The van der Waals surface area contributed by atoms with Crippen LogP contribution in [0, 0.1) is 0 Å². The molecule has 3 heterocycles. The Balaban J connectivity index is 1.49. The number of carbonyl (C=O) groups is 2. The van der Waals surface area contributed by atoms with Gasteiger partial charge >= 0.3 is 11.7 Å². The minimum Gasteiger partial charge on any atom is -0.462 e. The number of hydrogen-bond acceptors (Lipinski definition) is 6. The molecule has 0 radical (unpaired) electrons. The monoisotopic (exact) mass is 513 g/mol. The number of aromatic nitrogens is 4. The lowest BCUT2D eigenvalue weighted by atomic mass is 9.99. The first-order chi connectivity index (χ1) is 18.4. The fourth-order valence-corrected chi connectivity index (χ4v) is 5.09. The second kappa shape index (κ2) is 10.6. The van der Waals surface area contributed by atoms with Crippen LogP contribution in [0.3, 0.4) is 0 Å². The highest BCUT2D eigenvalue weighted by molar-refractivity contribution is 6.05. The highest BCUT2D eigenvalue weighted by Crippen LogP contribution is 2.29. The molecule has 0 saturated carbocycles. The molecule has 1 aliphatic rings. The van der Waals surface area contributed by atoms with Gasteiger partial charge in [-0.25, -0.2) is 19.6 Å². The van der Waals surface area contributed by atoms with Crippen LogP contribution in [-0.4, -0.2) is 56.0 Å². The lowest BCUT2D eigenvalue weighted by Crippen LogP contribution is -2.41. The second-order valence-corrected chi connectivity index (χ2v) is 9.74. The van der Waals surface area contributed by atoms with E-state index in [0.717, 1.165) is 16.6 Å². The van der Waals surface area contributed by atoms with Gasteiger partial charge in [0.25, 0.3) is 5.91 Å². The summed E-state index contributed by atoms with van der Waals surface area (Å²) in [5.41, 5.74) is 2.94. The van der Waals surface area contributed by atoms with Crippen LogP contribution in [-0.2, 0) is 4.74 Å². The third-order valence-corrected chi connectivity index (χ3v) is 6.94. The number of nitrogens with one attached hydrogen (secondary N) is 1. The van der Waals surface area contributed by atoms with Crippen LogP contribution in [0.5, 0.6) is 0 Å². The van der Waals surface area contributed by atoms with Crippen LogP contribution in [0.15, 0.2) is 59.4 Å². The Kier molecular flexibility index (Phi) is 7.09. The van der Waals surface area contributed by atoms with E-state index in [9.17, 15) is 14.4 Å². The van der Waals surface area contributed by atoms with E-state index >= 15 is 0 Å². The number of imidazole rings is 1. The molecular weight excluding hydrogens is 482 g/mol. The Morgan fingerprint density at radius 3 is 2.39 bits per heavy atom. The number of fused-ring (bicyclic) bond motifs is 1. The smallest absolute Gasteiger partial charge is 0.342 e. The summed E-state index contributed by atoms with van der Waals surface area (Å²) in [7, 11) is 0. The second-order valence-electron chi connectivity index (χ2n) is 9.74. The fourth-order valence-electron chi connectivity index (χ4n) is 5.09. The van der Waals surface area contributed by atoms with Gasteiger partial charge in [0.05, 0.1) is 23.3 Å². The molecule has 1 amide bonds. The number of amides is 1. The molecular formula is C29H31N5O4. The van der Waals surface area contributed by atoms with Crippen molar-refractivity contribution in [2.75, 3.05) is 19.7 Å². The third kappa shape index (κ3) is 4.71. The van der Waals surface area contributed by atoms with E-state index in [-0.39, 0.29) is 41.4 Å². The van der Waals surface area contributed by atoms with Gasteiger partial charge in [0, 0.05) is 24.7 Å². The zero-order valence-corrected chi connectivity index (χ0v) is 21.8. The Morgan fingerprint density at radius 1 is 1.03 bits per heavy atom. The van der Waals surface area contributed by atoms with Crippen LogP contribution >= 0.6 is 0 Å². The summed E-state index contributed by atoms with van der Waals surface area (Å²) in [6.45, 7) is 6.62. The maximum atomic E-state index is 13.9. The molecule has 0 unspecified atom stereocenters. The average Bonchev–Trinajstić information content (AvgIpc) is 3.28. The SMILES string of the molecule is CCOC(=O)c1c(C(=O)N2CCC(n3c(=O)[nH]c4ccccc43)CC2)nc(-c2ccccc2)nc1C(C)C. The van der Waals surface area contributed by atoms with Crippen LogP contribution in [0.2, 0.25) is 0 Å². The predicted molar refractivity (Wildman–Crippen MR) is 144 cm³/mol. The van der Waals surface area contributed by atoms with Crippen molar-refractivity contribution in [2.24, 2.45) is 0 Å². The summed E-state index contributed by atoms with van der Waals surface area (Å²) in [6.07, 6.45) is 1.21. The zero-order chi connectivity index (χ0) is 26.8. The molecule has 1 N–H and O–H groups in total. The summed E-state index contributed by atoms with van der Waals surface area (Å²) in [5, 5.41) is 0. The maximum Gasteiger partial charge on any atom is 0.342 e. The molecule has 0 aliphatic carbocycles. The standard InChI is InChI=1S/C29H31N5O4/c1-4-38-28(36)23-24(18(2)3)31-26(19-10-6-5-7-11-19)32-25(23)27(35)33-16-14-20(15-17-33)34-22-13-9-8-12-21(22)30-29(34)37/h5-13,18,20H,4,14-17H2,1-3H3,(H,30,37). The zero-order valence-electron chi connectivity index (χ0n) is 21.8. The first-order valence-electron chi connectivity index (χ1n) is 13.0. The van der Waals surface area contributed by atoms with Crippen molar-refractivity contribution in [3.8, 4) is 11.4 Å². The molecule has 9 heteroatoms. The molecule has 1 aliphatic heterocycles. The normalized spacial score (nSPS) is 14.3. The summed E-state index contributed by atoms with van der Waals surface area (Å²) in [5.74, 6) is -0.671. The van der Waals surface area contributed by atoms with Crippen LogP contribution in [0.25, 0.3) is 22.4 Å². The molecule has 1 saturated heterocycles.